The minimum absolute atomic E-state index is 0.0827. The van der Waals surface area contributed by atoms with Gasteiger partial charge < -0.3 is 14.6 Å². The van der Waals surface area contributed by atoms with Gasteiger partial charge in [0.1, 0.15) is 18.5 Å². The topological polar surface area (TPSA) is 41.9 Å². The van der Waals surface area contributed by atoms with Crippen molar-refractivity contribution in [2.45, 2.75) is 20.0 Å². The fourth-order valence-corrected chi connectivity index (χ4v) is 2.43. The highest BCUT2D eigenvalue weighted by atomic mass is 16.5. The molecule has 106 valence electrons. The van der Waals surface area contributed by atoms with E-state index in [1.807, 2.05) is 6.07 Å². The first-order chi connectivity index (χ1) is 9.20. The molecular formula is C15H23NO3. The highest BCUT2D eigenvalue weighted by Crippen LogP contribution is 2.22. The monoisotopic (exact) mass is 265 g/mol. The van der Waals surface area contributed by atoms with Gasteiger partial charge in [0.25, 0.3) is 0 Å². The molecule has 19 heavy (non-hydrogen) atoms. The number of benzene rings is 1. The van der Waals surface area contributed by atoms with E-state index in [2.05, 4.69) is 30.9 Å². The van der Waals surface area contributed by atoms with Crippen molar-refractivity contribution in [2.75, 3.05) is 39.5 Å². The lowest BCUT2D eigenvalue weighted by atomic mass is 10.1. The number of hydrogen-bond acceptors (Lipinski definition) is 4. The summed E-state index contributed by atoms with van der Waals surface area (Å²) in [6.45, 7) is 8.01. The molecule has 1 saturated heterocycles. The molecule has 2 rings (SSSR count). The molecule has 1 aliphatic rings. The molecule has 1 aliphatic heterocycles. The first-order valence-electron chi connectivity index (χ1n) is 6.84. The fraction of sp³-hybridized carbons (Fsp3) is 0.600. The van der Waals surface area contributed by atoms with Gasteiger partial charge in [-0.3, -0.25) is 4.90 Å². The Hall–Kier alpha value is -1.10. The van der Waals surface area contributed by atoms with Crippen molar-refractivity contribution in [3.63, 3.8) is 0 Å². The Balaban J connectivity index is 1.88. The normalized spacial score (nSPS) is 20.5. The summed E-state index contributed by atoms with van der Waals surface area (Å²) in [5.41, 5.74) is 2.31. The summed E-state index contributed by atoms with van der Waals surface area (Å²) in [7, 11) is 0. The zero-order valence-corrected chi connectivity index (χ0v) is 11.8. The summed E-state index contributed by atoms with van der Waals surface area (Å²) in [6, 6.07) is 6.15. The molecule has 0 amide bonds. The molecule has 0 radical (unpaired) electrons. The van der Waals surface area contributed by atoms with E-state index in [0.29, 0.717) is 19.8 Å². The molecule has 0 spiro atoms. The summed E-state index contributed by atoms with van der Waals surface area (Å²) in [4.78, 5) is 2.21. The van der Waals surface area contributed by atoms with E-state index >= 15 is 0 Å². The van der Waals surface area contributed by atoms with Crippen LogP contribution in [-0.2, 0) is 4.74 Å². The average Bonchev–Trinajstić information content (AvgIpc) is 2.39. The Morgan fingerprint density at radius 3 is 2.79 bits per heavy atom. The van der Waals surface area contributed by atoms with Gasteiger partial charge in [0.2, 0.25) is 0 Å². The highest BCUT2D eigenvalue weighted by molar-refractivity contribution is 5.39. The Morgan fingerprint density at radius 2 is 2.11 bits per heavy atom. The second kappa shape index (κ2) is 6.89. The van der Waals surface area contributed by atoms with Crippen LogP contribution in [0.5, 0.6) is 5.75 Å². The molecule has 0 bridgehead atoms. The van der Waals surface area contributed by atoms with Crippen molar-refractivity contribution in [1.82, 2.24) is 4.90 Å². The maximum atomic E-state index is 8.97. The van der Waals surface area contributed by atoms with Crippen molar-refractivity contribution in [2.24, 2.45) is 0 Å². The molecule has 4 nitrogen and oxygen atoms in total. The maximum Gasteiger partial charge on any atom is 0.125 e. The van der Waals surface area contributed by atoms with Crippen LogP contribution >= 0.6 is 0 Å². The number of aliphatic hydroxyl groups excluding tert-OH is 1. The predicted molar refractivity (Wildman–Crippen MR) is 74.7 cm³/mol. The second-order valence-corrected chi connectivity index (χ2v) is 5.05. The number of morpholine rings is 1. The van der Waals surface area contributed by atoms with Crippen molar-refractivity contribution in [3.8, 4) is 5.75 Å². The van der Waals surface area contributed by atoms with Crippen LogP contribution in [0.4, 0.5) is 0 Å². The van der Waals surface area contributed by atoms with Gasteiger partial charge in [-0.05, 0) is 25.0 Å². The molecule has 0 saturated carbocycles. The number of para-hydroxylation sites is 1. The summed E-state index contributed by atoms with van der Waals surface area (Å²) >= 11 is 0. The van der Waals surface area contributed by atoms with Crippen molar-refractivity contribution in [3.05, 3.63) is 29.3 Å². The summed E-state index contributed by atoms with van der Waals surface area (Å²) < 4.78 is 11.6. The minimum atomic E-state index is 0.0827. The number of hydrogen-bond donors (Lipinski definition) is 1. The van der Waals surface area contributed by atoms with Gasteiger partial charge in [-0.15, -0.1) is 0 Å². The lowest BCUT2D eigenvalue weighted by molar-refractivity contribution is -0.0509. The van der Waals surface area contributed by atoms with E-state index in [9.17, 15) is 0 Å². The maximum absolute atomic E-state index is 8.97. The van der Waals surface area contributed by atoms with Gasteiger partial charge in [0, 0.05) is 19.6 Å². The number of ether oxygens (including phenoxy) is 2. The molecule has 1 aromatic carbocycles. The van der Waals surface area contributed by atoms with Crippen molar-refractivity contribution >= 4 is 0 Å². The number of β-amino-alcohol motifs (C(OH)–C–C–N with tert-alkyl or cyclic N) is 1. The summed E-state index contributed by atoms with van der Waals surface area (Å²) in [5, 5.41) is 8.97. The van der Waals surface area contributed by atoms with Gasteiger partial charge in [-0.1, -0.05) is 18.2 Å². The van der Waals surface area contributed by atoms with E-state index in [4.69, 9.17) is 14.6 Å². The number of nitrogens with zero attached hydrogens (tertiary/aromatic N) is 1. The van der Waals surface area contributed by atoms with Crippen LogP contribution < -0.4 is 4.74 Å². The molecule has 1 aromatic rings. The van der Waals surface area contributed by atoms with Crippen LogP contribution in [0, 0.1) is 13.8 Å². The molecule has 0 unspecified atom stereocenters. The zero-order valence-electron chi connectivity index (χ0n) is 11.8. The van der Waals surface area contributed by atoms with Crippen LogP contribution in [0.15, 0.2) is 18.2 Å². The molecule has 0 aromatic heterocycles. The standard InChI is InChI=1S/C15H23NO3/c1-12-4-3-5-13(2)15(12)19-11-14-10-16(6-8-17)7-9-18-14/h3-5,14,17H,6-11H2,1-2H3/t14-/m1/s1. The van der Waals surface area contributed by atoms with Gasteiger partial charge in [-0.25, -0.2) is 0 Å². The van der Waals surface area contributed by atoms with Gasteiger partial charge in [0.15, 0.2) is 0 Å². The molecule has 1 N–H and O–H groups in total. The molecule has 4 heteroatoms. The first kappa shape index (κ1) is 14.3. The lowest BCUT2D eigenvalue weighted by Crippen LogP contribution is -2.45. The molecule has 0 aliphatic carbocycles. The van der Waals surface area contributed by atoms with Gasteiger partial charge in [0.05, 0.1) is 13.2 Å². The first-order valence-corrected chi connectivity index (χ1v) is 6.84. The van der Waals surface area contributed by atoms with Crippen molar-refractivity contribution in [1.29, 1.82) is 0 Å². The van der Waals surface area contributed by atoms with Crippen LogP contribution in [0.1, 0.15) is 11.1 Å². The molecule has 1 heterocycles. The SMILES string of the molecule is Cc1cccc(C)c1OC[C@H]1CN(CCO)CCO1. The second-order valence-electron chi connectivity index (χ2n) is 5.05. The minimum Gasteiger partial charge on any atom is -0.490 e. The Bertz CT molecular complexity index is 386. The Kier molecular flexibility index (Phi) is 5.19. The average molecular weight is 265 g/mol. The quantitative estimate of drug-likeness (QED) is 0.873. The lowest BCUT2D eigenvalue weighted by Gasteiger charge is -2.32. The zero-order chi connectivity index (χ0) is 13.7. The van der Waals surface area contributed by atoms with E-state index in [1.54, 1.807) is 0 Å². The highest BCUT2D eigenvalue weighted by Gasteiger charge is 2.20. The third kappa shape index (κ3) is 3.93. The van der Waals surface area contributed by atoms with Crippen LogP contribution in [0.25, 0.3) is 0 Å². The van der Waals surface area contributed by atoms with E-state index < -0.39 is 0 Å². The fourth-order valence-electron chi connectivity index (χ4n) is 2.43. The summed E-state index contributed by atoms with van der Waals surface area (Å²) in [5.74, 6) is 0.963. The molecular weight excluding hydrogens is 242 g/mol. The number of rotatable bonds is 5. The molecule has 1 fully saturated rings. The van der Waals surface area contributed by atoms with Crippen LogP contribution in [-0.4, -0.2) is 55.6 Å². The number of aliphatic hydroxyl groups is 1. The third-order valence-corrected chi connectivity index (χ3v) is 3.46. The Morgan fingerprint density at radius 1 is 1.37 bits per heavy atom. The van der Waals surface area contributed by atoms with Crippen molar-refractivity contribution < 1.29 is 14.6 Å². The van der Waals surface area contributed by atoms with Crippen LogP contribution in [0.2, 0.25) is 0 Å². The van der Waals surface area contributed by atoms with E-state index in [-0.39, 0.29) is 12.7 Å². The van der Waals surface area contributed by atoms with E-state index in [0.717, 1.165) is 30.0 Å². The third-order valence-electron chi connectivity index (χ3n) is 3.46. The van der Waals surface area contributed by atoms with Gasteiger partial charge in [-0.2, -0.15) is 0 Å². The number of aryl methyl sites for hydroxylation is 2. The largest absolute Gasteiger partial charge is 0.490 e. The summed E-state index contributed by atoms with van der Waals surface area (Å²) in [6.07, 6.45) is 0.0827. The van der Waals surface area contributed by atoms with E-state index in [1.165, 1.54) is 0 Å². The van der Waals surface area contributed by atoms with Crippen LogP contribution in [0.3, 0.4) is 0 Å². The molecule has 1 atom stereocenters. The smallest absolute Gasteiger partial charge is 0.125 e. The Labute approximate surface area is 114 Å². The van der Waals surface area contributed by atoms with Gasteiger partial charge >= 0.3 is 0 Å². The predicted octanol–water partition coefficient (Wildman–Crippen LogP) is 1.38.